The molecule has 0 aliphatic rings. The Hall–Kier alpha value is -2.31. The van der Waals surface area contributed by atoms with Gasteiger partial charge >= 0.3 is 6.09 Å². The number of carbonyl (C=O) groups is 2. The van der Waals surface area contributed by atoms with Gasteiger partial charge in [-0.15, -0.1) is 0 Å². The lowest BCUT2D eigenvalue weighted by Gasteiger charge is -2.19. The Kier molecular flexibility index (Phi) is 7.48. The molecule has 134 valence electrons. The zero-order valence-electron chi connectivity index (χ0n) is 14.5. The van der Waals surface area contributed by atoms with Crippen molar-refractivity contribution in [1.82, 2.24) is 10.6 Å². The molecular formula is C17H25FN2O4. The van der Waals surface area contributed by atoms with Crippen molar-refractivity contribution in [2.75, 3.05) is 13.1 Å². The van der Waals surface area contributed by atoms with Crippen molar-refractivity contribution >= 4 is 12.0 Å². The van der Waals surface area contributed by atoms with E-state index in [0.717, 1.165) is 0 Å². The molecule has 0 heterocycles. The van der Waals surface area contributed by atoms with Crippen molar-refractivity contribution in [2.24, 2.45) is 0 Å². The average Bonchev–Trinajstić information content (AvgIpc) is 2.44. The van der Waals surface area contributed by atoms with Crippen LogP contribution in [0.15, 0.2) is 24.3 Å². The van der Waals surface area contributed by atoms with Gasteiger partial charge in [-0.25, -0.2) is 9.18 Å². The van der Waals surface area contributed by atoms with E-state index in [-0.39, 0.29) is 5.91 Å². The standard InChI is InChI=1S/C17H25FN2O4/c1-12(23-14-8-5-7-13(18)11-14)15(21)19-9-6-10-20-16(22)24-17(2,3)4/h5,7-8,11-12H,6,9-10H2,1-4H3,(H,19,21)(H,20,22). The van der Waals surface area contributed by atoms with Crippen LogP contribution in [0.4, 0.5) is 9.18 Å². The number of hydrogen-bond acceptors (Lipinski definition) is 4. The van der Waals surface area contributed by atoms with Gasteiger partial charge in [-0.2, -0.15) is 0 Å². The molecule has 0 fully saturated rings. The van der Waals surface area contributed by atoms with Gasteiger partial charge in [0.15, 0.2) is 6.10 Å². The minimum absolute atomic E-state index is 0.296. The monoisotopic (exact) mass is 340 g/mol. The molecule has 1 aromatic rings. The van der Waals surface area contributed by atoms with E-state index in [1.54, 1.807) is 33.8 Å². The SMILES string of the molecule is CC(Oc1cccc(F)c1)C(=O)NCCCNC(=O)OC(C)(C)C. The zero-order valence-corrected chi connectivity index (χ0v) is 14.5. The summed E-state index contributed by atoms with van der Waals surface area (Å²) in [7, 11) is 0. The first-order valence-electron chi connectivity index (χ1n) is 7.84. The predicted molar refractivity (Wildman–Crippen MR) is 88.4 cm³/mol. The van der Waals surface area contributed by atoms with E-state index in [1.165, 1.54) is 18.2 Å². The summed E-state index contributed by atoms with van der Waals surface area (Å²) in [5.74, 6) is -0.436. The molecule has 2 amide bonds. The average molecular weight is 340 g/mol. The molecule has 1 unspecified atom stereocenters. The number of carbonyl (C=O) groups excluding carboxylic acids is 2. The summed E-state index contributed by atoms with van der Waals surface area (Å²) in [4.78, 5) is 23.3. The van der Waals surface area contributed by atoms with Gasteiger partial charge in [-0.05, 0) is 46.2 Å². The molecule has 2 N–H and O–H groups in total. The summed E-state index contributed by atoms with van der Waals surface area (Å²) in [5, 5.41) is 5.29. The molecule has 1 atom stereocenters. The molecule has 0 saturated carbocycles. The maximum Gasteiger partial charge on any atom is 0.407 e. The molecule has 0 aliphatic carbocycles. The summed E-state index contributed by atoms with van der Waals surface area (Å²) in [6.45, 7) is 7.70. The van der Waals surface area contributed by atoms with Gasteiger partial charge in [-0.1, -0.05) is 6.07 Å². The number of hydrogen-bond donors (Lipinski definition) is 2. The first-order chi connectivity index (χ1) is 11.2. The van der Waals surface area contributed by atoms with Crippen LogP contribution >= 0.6 is 0 Å². The maximum atomic E-state index is 13.0. The number of alkyl carbamates (subject to hydrolysis) is 1. The lowest BCUT2D eigenvalue weighted by molar-refractivity contribution is -0.127. The van der Waals surface area contributed by atoms with E-state index in [9.17, 15) is 14.0 Å². The quantitative estimate of drug-likeness (QED) is 0.748. The number of nitrogens with one attached hydrogen (secondary N) is 2. The second-order valence-electron chi connectivity index (χ2n) is 6.29. The zero-order chi connectivity index (χ0) is 18.2. The number of ether oxygens (including phenoxy) is 2. The van der Waals surface area contributed by atoms with Crippen LogP contribution in [-0.4, -0.2) is 36.8 Å². The third kappa shape index (κ3) is 8.36. The highest BCUT2D eigenvalue weighted by Crippen LogP contribution is 2.13. The minimum Gasteiger partial charge on any atom is -0.481 e. The lowest BCUT2D eigenvalue weighted by Crippen LogP contribution is -2.38. The number of halogens is 1. The van der Waals surface area contributed by atoms with E-state index < -0.39 is 23.6 Å². The lowest BCUT2D eigenvalue weighted by atomic mass is 10.2. The predicted octanol–water partition coefficient (Wildman–Crippen LogP) is 2.62. The summed E-state index contributed by atoms with van der Waals surface area (Å²) in [5.41, 5.74) is -0.540. The molecule has 24 heavy (non-hydrogen) atoms. The molecule has 6 nitrogen and oxygen atoms in total. The molecule has 0 radical (unpaired) electrons. The van der Waals surface area contributed by atoms with Crippen molar-refractivity contribution in [3.63, 3.8) is 0 Å². The van der Waals surface area contributed by atoms with Gasteiger partial charge in [0.1, 0.15) is 17.2 Å². The largest absolute Gasteiger partial charge is 0.481 e. The smallest absolute Gasteiger partial charge is 0.407 e. The molecule has 7 heteroatoms. The van der Waals surface area contributed by atoms with Crippen LogP contribution in [0.25, 0.3) is 0 Å². The topological polar surface area (TPSA) is 76.7 Å². The summed E-state index contributed by atoms with van der Waals surface area (Å²) in [6, 6.07) is 5.61. The van der Waals surface area contributed by atoms with Crippen molar-refractivity contribution in [1.29, 1.82) is 0 Å². The van der Waals surface area contributed by atoms with Crippen molar-refractivity contribution in [3.8, 4) is 5.75 Å². The van der Waals surface area contributed by atoms with Crippen LogP contribution in [0, 0.1) is 5.82 Å². The van der Waals surface area contributed by atoms with Crippen LogP contribution < -0.4 is 15.4 Å². The minimum atomic E-state index is -0.745. The van der Waals surface area contributed by atoms with Gasteiger partial charge < -0.3 is 20.1 Å². The normalized spacial score (nSPS) is 12.2. The first kappa shape index (κ1) is 19.7. The maximum absolute atomic E-state index is 13.0. The number of amides is 2. The van der Waals surface area contributed by atoms with Gasteiger partial charge in [-0.3, -0.25) is 4.79 Å². The van der Waals surface area contributed by atoms with Gasteiger partial charge in [0.25, 0.3) is 5.91 Å². The van der Waals surface area contributed by atoms with Gasteiger partial charge in [0.05, 0.1) is 0 Å². The molecule has 1 rings (SSSR count). The third-order valence-corrected chi connectivity index (χ3v) is 2.80. The summed E-state index contributed by atoms with van der Waals surface area (Å²) in [6.07, 6.45) is -0.681. The molecular weight excluding hydrogens is 315 g/mol. The van der Waals surface area contributed by atoms with Gasteiger partial charge in [0, 0.05) is 19.2 Å². The fourth-order valence-corrected chi connectivity index (χ4v) is 1.75. The van der Waals surface area contributed by atoms with Crippen molar-refractivity contribution in [2.45, 2.75) is 45.8 Å². The first-order valence-corrected chi connectivity index (χ1v) is 7.84. The van der Waals surface area contributed by atoms with E-state index in [4.69, 9.17) is 9.47 Å². The Morgan fingerprint density at radius 1 is 1.21 bits per heavy atom. The van der Waals surface area contributed by atoms with E-state index in [1.807, 2.05) is 0 Å². The highest BCUT2D eigenvalue weighted by Gasteiger charge is 2.16. The second kappa shape index (κ2) is 9.10. The molecule has 0 saturated heterocycles. The Bertz CT molecular complexity index is 558. The summed E-state index contributed by atoms with van der Waals surface area (Å²) < 4.78 is 23.5. The fourth-order valence-electron chi connectivity index (χ4n) is 1.75. The van der Waals surface area contributed by atoms with Crippen LogP contribution in [0.5, 0.6) is 5.75 Å². The molecule has 0 bridgehead atoms. The van der Waals surface area contributed by atoms with Crippen LogP contribution in [-0.2, 0) is 9.53 Å². The van der Waals surface area contributed by atoms with Crippen LogP contribution in [0.2, 0.25) is 0 Å². The van der Waals surface area contributed by atoms with Crippen molar-refractivity contribution in [3.05, 3.63) is 30.1 Å². The number of benzene rings is 1. The van der Waals surface area contributed by atoms with Crippen LogP contribution in [0.1, 0.15) is 34.1 Å². The Balaban J connectivity index is 2.20. The highest BCUT2D eigenvalue weighted by molar-refractivity contribution is 5.80. The molecule has 0 aliphatic heterocycles. The van der Waals surface area contributed by atoms with E-state index >= 15 is 0 Å². The third-order valence-electron chi connectivity index (χ3n) is 2.80. The number of rotatable bonds is 7. The van der Waals surface area contributed by atoms with Crippen molar-refractivity contribution < 1.29 is 23.5 Å². The van der Waals surface area contributed by atoms with E-state index in [2.05, 4.69) is 10.6 Å². The fraction of sp³-hybridized carbons (Fsp3) is 0.529. The van der Waals surface area contributed by atoms with E-state index in [0.29, 0.717) is 25.3 Å². The molecule has 1 aromatic carbocycles. The summed E-state index contributed by atoms with van der Waals surface area (Å²) >= 11 is 0. The Labute approximate surface area is 141 Å². The van der Waals surface area contributed by atoms with Crippen LogP contribution in [0.3, 0.4) is 0 Å². The van der Waals surface area contributed by atoms with Gasteiger partial charge in [0.2, 0.25) is 0 Å². The molecule has 0 spiro atoms. The second-order valence-corrected chi connectivity index (χ2v) is 6.29. The molecule has 0 aromatic heterocycles. The Morgan fingerprint density at radius 2 is 1.88 bits per heavy atom. The Morgan fingerprint density at radius 3 is 2.50 bits per heavy atom. The highest BCUT2D eigenvalue weighted by atomic mass is 19.1.